The van der Waals surface area contributed by atoms with E-state index >= 15 is 0 Å². The van der Waals surface area contributed by atoms with E-state index in [0.29, 0.717) is 24.7 Å². The van der Waals surface area contributed by atoms with Gasteiger partial charge >= 0.3 is 0 Å². The summed E-state index contributed by atoms with van der Waals surface area (Å²) in [5.41, 5.74) is 5.48. The second kappa shape index (κ2) is 15.5. The van der Waals surface area contributed by atoms with Gasteiger partial charge in [-0.05, 0) is 108 Å². The van der Waals surface area contributed by atoms with Gasteiger partial charge in [-0.25, -0.2) is 26.5 Å². The Labute approximate surface area is 281 Å². The number of sulfone groups is 2. The van der Waals surface area contributed by atoms with E-state index in [1.807, 2.05) is 6.07 Å². The molecule has 3 aromatic heterocycles. The van der Waals surface area contributed by atoms with Crippen molar-refractivity contribution in [2.45, 2.75) is 24.8 Å². The average Bonchev–Trinajstić information content (AvgIpc) is 3.75. The molecule has 15 heteroatoms. The first-order valence-corrected chi connectivity index (χ1v) is 19.1. The standard InChI is InChI=1S/C11H6BrNO2S2.C11H10BrNO2S2.C5H2BrNS/c1-13-10-6-7-11(16-10)17(14,15)9-5-3-2-4-8(9)12;12-9-3-1-2-4-10(9)17(14,15)11-6-5-8(7-13)16-11;1-7-5-3-2-4(6)8-5/h2-7H;1-6H,7,13H2;2-3H. The number of benzene rings is 2. The fourth-order valence-electron chi connectivity index (χ4n) is 3.03. The summed E-state index contributed by atoms with van der Waals surface area (Å²) in [6.07, 6.45) is 0. The summed E-state index contributed by atoms with van der Waals surface area (Å²) in [4.78, 5) is 7.80. The number of thiophene rings is 3. The molecule has 0 bridgehead atoms. The summed E-state index contributed by atoms with van der Waals surface area (Å²) >= 11 is 13.4. The maximum absolute atomic E-state index is 12.3. The van der Waals surface area contributed by atoms with Crippen molar-refractivity contribution in [3.63, 3.8) is 0 Å². The summed E-state index contributed by atoms with van der Waals surface area (Å²) in [6, 6.07) is 23.4. The Morgan fingerprint density at radius 3 is 1.45 bits per heavy atom. The highest BCUT2D eigenvalue weighted by Gasteiger charge is 2.23. The van der Waals surface area contributed by atoms with Gasteiger partial charge in [-0.2, -0.15) is 0 Å². The van der Waals surface area contributed by atoms with Crippen molar-refractivity contribution in [3.8, 4) is 0 Å². The second-order valence-corrected chi connectivity index (χ2v) is 18.4. The molecule has 0 atom stereocenters. The van der Waals surface area contributed by atoms with Crippen LogP contribution in [0, 0.1) is 13.1 Å². The van der Waals surface area contributed by atoms with Gasteiger partial charge in [-0.15, -0.1) is 34.0 Å². The molecule has 42 heavy (non-hydrogen) atoms. The summed E-state index contributed by atoms with van der Waals surface area (Å²) < 4.78 is 51.8. The molecule has 7 nitrogen and oxygen atoms in total. The first-order valence-electron chi connectivity index (χ1n) is 11.3. The van der Waals surface area contributed by atoms with Crippen molar-refractivity contribution in [1.29, 1.82) is 0 Å². The summed E-state index contributed by atoms with van der Waals surface area (Å²) in [5.74, 6) is 0. The van der Waals surface area contributed by atoms with Gasteiger partial charge in [-0.3, -0.25) is 0 Å². The maximum Gasteiger partial charge on any atom is 0.242 e. The van der Waals surface area contributed by atoms with Crippen LogP contribution < -0.4 is 5.73 Å². The third-order valence-corrected chi connectivity index (χ3v) is 15.1. The zero-order valence-electron chi connectivity index (χ0n) is 21.1. The number of hydrogen-bond acceptors (Lipinski definition) is 8. The Morgan fingerprint density at radius 1 is 0.619 bits per heavy atom. The minimum absolute atomic E-state index is 0.190. The minimum atomic E-state index is -3.53. The van der Waals surface area contributed by atoms with Crippen LogP contribution in [-0.4, -0.2) is 16.8 Å². The van der Waals surface area contributed by atoms with Gasteiger partial charge in [0.1, 0.15) is 8.42 Å². The van der Waals surface area contributed by atoms with Crippen LogP contribution in [-0.2, 0) is 26.2 Å². The molecule has 2 aromatic carbocycles. The van der Waals surface area contributed by atoms with Crippen LogP contribution in [0.2, 0.25) is 0 Å². The molecular weight excluding hydrogens is 830 g/mol. The first kappa shape index (κ1) is 34.3. The number of nitrogens with zero attached hydrogens (tertiary/aromatic N) is 2. The van der Waals surface area contributed by atoms with Gasteiger partial charge in [0.05, 0.1) is 26.7 Å². The van der Waals surface area contributed by atoms with Crippen molar-refractivity contribution in [3.05, 3.63) is 125 Å². The Hall–Kier alpha value is -2.18. The number of hydrogen-bond donors (Lipinski definition) is 1. The zero-order chi connectivity index (χ0) is 30.9. The quantitative estimate of drug-likeness (QED) is 0.178. The van der Waals surface area contributed by atoms with E-state index in [0.717, 1.165) is 25.0 Å². The average molecular weight is 849 g/mol. The van der Waals surface area contributed by atoms with E-state index in [1.165, 1.54) is 40.9 Å². The highest BCUT2D eigenvalue weighted by atomic mass is 79.9. The van der Waals surface area contributed by atoms with Gasteiger partial charge in [0, 0.05) is 20.4 Å². The summed E-state index contributed by atoms with van der Waals surface area (Å²) in [5, 5.41) is 1.10. The molecule has 0 fully saturated rings. The maximum atomic E-state index is 12.3. The van der Waals surface area contributed by atoms with Gasteiger partial charge < -0.3 is 5.73 Å². The van der Waals surface area contributed by atoms with Gasteiger partial charge in [-0.1, -0.05) is 24.3 Å². The van der Waals surface area contributed by atoms with Crippen molar-refractivity contribution >= 4 is 111 Å². The molecule has 0 spiro atoms. The number of rotatable bonds is 5. The molecule has 0 aliphatic rings. The van der Waals surface area contributed by atoms with Crippen molar-refractivity contribution in [1.82, 2.24) is 0 Å². The molecule has 0 saturated heterocycles. The molecule has 5 aromatic rings. The molecule has 0 unspecified atom stereocenters. The van der Waals surface area contributed by atoms with Crippen molar-refractivity contribution in [2.75, 3.05) is 0 Å². The van der Waals surface area contributed by atoms with Crippen molar-refractivity contribution in [2.24, 2.45) is 5.73 Å². The number of halogens is 3. The van der Waals surface area contributed by atoms with Crippen LogP contribution in [0.15, 0.2) is 116 Å². The highest BCUT2D eigenvalue weighted by molar-refractivity contribution is 9.11. The van der Waals surface area contributed by atoms with Crippen LogP contribution in [0.25, 0.3) is 9.69 Å². The van der Waals surface area contributed by atoms with E-state index in [4.69, 9.17) is 18.9 Å². The van der Waals surface area contributed by atoms with E-state index in [9.17, 15) is 16.8 Å². The largest absolute Gasteiger partial charge is 0.326 e. The monoisotopic (exact) mass is 845 g/mol. The predicted octanol–water partition coefficient (Wildman–Crippen LogP) is 9.76. The van der Waals surface area contributed by atoms with E-state index in [1.54, 1.807) is 60.7 Å². The summed E-state index contributed by atoms with van der Waals surface area (Å²) in [7, 11) is -6.97. The minimum Gasteiger partial charge on any atom is -0.326 e. The predicted molar refractivity (Wildman–Crippen MR) is 180 cm³/mol. The Balaban J connectivity index is 0.000000184. The molecule has 0 radical (unpaired) electrons. The summed E-state index contributed by atoms with van der Waals surface area (Å²) in [6.45, 7) is 13.8. The molecule has 0 saturated carbocycles. The van der Waals surface area contributed by atoms with Crippen LogP contribution in [0.1, 0.15) is 4.88 Å². The van der Waals surface area contributed by atoms with Crippen LogP contribution in [0.5, 0.6) is 0 Å². The number of nitrogens with two attached hydrogens (primary N) is 1. The lowest BCUT2D eigenvalue weighted by atomic mass is 10.4. The van der Waals surface area contributed by atoms with Gasteiger partial charge in [0.25, 0.3) is 0 Å². The van der Waals surface area contributed by atoms with Crippen LogP contribution in [0.3, 0.4) is 0 Å². The second-order valence-electron chi connectivity index (χ2n) is 7.69. The first-order chi connectivity index (χ1) is 19.9. The Morgan fingerprint density at radius 2 is 1.07 bits per heavy atom. The lowest BCUT2D eigenvalue weighted by Gasteiger charge is -2.03. The fraction of sp³-hybridized carbons (Fsp3) is 0.0370. The molecule has 2 N–H and O–H groups in total. The van der Waals surface area contributed by atoms with E-state index in [-0.39, 0.29) is 14.0 Å². The lowest BCUT2D eigenvalue weighted by molar-refractivity contribution is 0.596. The molecule has 0 amide bonds. The third-order valence-electron chi connectivity index (χ3n) is 4.97. The third kappa shape index (κ3) is 8.69. The lowest BCUT2D eigenvalue weighted by Crippen LogP contribution is -2.00. The smallest absolute Gasteiger partial charge is 0.242 e. The molecule has 0 aliphatic carbocycles. The Bertz CT molecular complexity index is 1990. The van der Waals surface area contributed by atoms with Crippen LogP contribution >= 0.6 is 81.8 Å². The van der Waals surface area contributed by atoms with E-state index < -0.39 is 19.7 Å². The highest BCUT2D eigenvalue weighted by Crippen LogP contribution is 2.35. The molecule has 0 aliphatic heterocycles. The zero-order valence-corrected chi connectivity index (χ0v) is 29.9. The van der Waals surface area contributed by atoms with Crippen molar-refractivity contribution < 1.29 is 16.8 Å². The Kier molecular flexibility index (Phi) is 12.7. The fourth-order valence-corrected chi connectivity index (χ4v) is 11.3. The van der Waals surface area contributed by atoms with Gasteiger partial charge in [0.2, 0.25) is 29.7 Å². The molecule has 3 heterocycles. The SMILES string of the molecule is NCc1ccc(S(=O)(=O)c2ccccc2Br)s1.[C-]#[N+]c1ccc(Br)s1.[C-]#[N+]c1ccc(S(=O)(=O)c2ccccc2Br)s1. The van der Waals surface area contributed by atoms with E-state index in [2.05, 4.69) is 57.5 Å². The molecule has 216 valence electrons. The van der Waals surface area contributed by atoms with Crippen LogP contribution in [0.4, 0.5) is 10.0 Å². The molecule has 5 rings (SSSR count). The molecular formula is C27H18Br3N3O4S5. The normalized spacial score (nSPS) is 10.8. The van der Waals surface area contributed by atoms with Gasteiger partial charge in [0.15, 0.2) is 0 Å². The topological polar surface area (TPSA) is 103 Å².